The number of aryl methyl sites for hydroxylation is 2. The maximum Gasteiger partial charge on any atom is 0.251 e. The third-order valence-corrected chi connectivity index (χ3v) is 6.73. The Morgan fingerprint density at radius 3 is 2.48 bits per heavy atom. The van der Waals surface area contributed by atoms with E-state index in [2.05, 4.69) is 10.2 Å². The number of amides is 1. The normalized spacial score (nSPS) is 27.2. The van der Waals surface area contributed by atoms with Crippen LogP contribution in [0.2, 0.25) is 0 Å². The molecule has 1 aromatic carbocycles. The smallest absolute Gasteiger partial charge is 0.251 e. The van der Waals surface area contributed by atoms with Crippen molar-refractivity contribution in [3.63, 3.8) is 0 Å². The Labute approximate surface area is 138 Å². The maximum atomic E-state index is 12.5. The average molecular weight is 336 g/mol. The van der Waals surface area contributed by atoms with E-state index < -0.39 is 9.84 Å². The fourth-order valence-corrected chi connectivity index (χ4v) is 5.49. The molecule has 1 amide bonds. The first-order valence-corrected chi connectivity index (χ1v) is 10.0. The molecule has 2 heterocycles. The van der Waals surface area contributed by atoms with Gasteiger partial charge >= 0.3 is 0 Å². The summed E-state index contributed by atoms with van der Waals surface area (Å²) in [5.41, 5.74) is 2.80. The van der Waals surface area contributed by atoms with Crippen LogP contribution in [0.1, 0.15) is 34.3 Å². The van der Waals surface area contributed by atoms with Gasteiger partial charge in [0.25, 0.3) is 5.91 Å². The van der Waals surface area contributed by atoms with Crippen molar-refractivity contribution in [2.45, 2.75) is 38.8 Å². The Balaban J connectivity index is 1.76. The lowest BCUT2D eigenvalue weighted by molar-refractivity contribution is 0.0918. The number of nitrogens with zero attached hydrogens (tertiary/aromatic N) is 1. The summed E-state index contributed by atoms with van der Waals surface area (Å²) in [5, 5.41) is 2.96. The van der Waals surface area contributed by atoms with Gasteiger partial charge in [-0.25, -0.2) is 8.42 Å². The fraction of sp³-hybridized carbons (Fsp3) is 0.588. The minimum absolute atomic E-state index is 0.0464. The first-order valence-electron chi connectivity index (χ1n) is 8.18. The van der Waals surface area contributed by atoms with E-state index >= 15 is 0 Å². The number of carbonyl (C=O) groups excluding carboxylic acids is 1. The second-order valence-corrected chi connectivity index (χ2v) is 8.92. The van der Waals surface area contributed by atoms with Gasteiger partial charge in [-0.15, -0.1) is 0 Å². The van der Waals surface area contributed by atoms with Crippen molar-refractivity contribution in [3.05, 3.63) is 34.9 Å². The molecule has 0 spiro atoms. The van der Waals surface area contributed by atoms with Crippen molar-refractivity contribution >= 4 is 15.7 Å². The predicted molar refractivity (Wildman–Crippen MR) is 90.4 cm³/mol. The summed E-state index contributed by atoms with van der Waals surface area (Å²) in [6.07, 6.45) is 2.21. The summed E-state index contributed by atoms with van der Waals surface area (Å²) in [6, 6.07) is 5.18. The van der Waals surface area contributed by atoms with Gasteiger partial charge < -0.3 is 5.32 Å². The highest BCUT2D eigenvalue weighted by Gasteiger charge is 2.42. The quantitative estimate of drug-likeness (QED) is 0.903. The van der Waals surface area contributed by atoms with E-state index in [1.54, 1.807) is 6.07 Å². The molecule has 1 aromatic rings. The molecule has 2 fully saturated rings. The highest BCUT2D eigenvalue weighted by molar-refractivity contribution is 7.91. The van der Waals surface area contributed by atoms with Gasteiger partial charge in [-0.3, -0.25) is 9.69 Å². The van der Waals surface area contributed by atoms with Gasteiger partial charge in [-0.2, -0.15) is 0 Å². The van der Waals surface area contributed by atoms with Crippen molar-refractivity contribution in [1.29, 1.82) is 0 Å². The molecule has 0 aliphatic carbocycles. The van der Waals surface area contributed by atoms with Crippen molar-refractivity contribution in [3.8, 4) is 0 Å². The van der Waals surface area contributed by atoms with Crippen molar-refractivity contribution in [2.24, 2.45) is 0 Å². The maximum absolute atomic E-state index is 12.5. The van der Waals surface area contributed by atoms with Crippen LogP contribution in [0.3, 0.4) is 0 Å². The molecule has 0 bridgehead atoms. The molecule has 126 valence electrons. The Bertz CT molecular complexity index is 709. The van der Waals surface area contributed by atoms with E-state index in [1.807, 2.05) is 26.0 Å². The van der Waals surface area contributed by atoms with Crippen LogP contribution in [0.25, 0.3) is 0 Å². The zero-order valence-corrected chi connectivity index (χ0v) is 14.5. The van der Waals surface area contributed by atoms with E-state index in [0.29, 0.717) is 5.56 Å². The van der Waals surface area contributed by atoms with Crippen LogP contribution in [0.15, 0.2) is 18.2 Å². The summed E-state index contributed by atoms with van der Waals surface area (Å²) >= 11 is 0. The van der Waals surface area contributed by atoms with Gasteiger partial charge in [-0.1, -0.05) is 6.07 Å². The van der Waals surface area contributed by atoms with Crippen LogP contribution in [-0.4, -0.2) is 55.9 Å². The molecule has 1 N–H and O–H groups in total. The third kappa shape index (κ3) is 3.58. The topological polar surface area (TPSA) is 66.5 Å². The Kier molecular flexibility index (Phi) is 4.47. The zero-order valence-electron chi connectivity index (χ0n) is 13.7. The van der Waals surface area contributed by atoms with Crippen LogP contribution in [-0.2, 0) is 9.84 Å². The van der Waals surface area contributed by atoms with E-state index in [4.69, 9.17) is 0 Å². The molecule has 2 atom stereocenters. The van der Waals surface area contributed by atoms with Crippen LogP contribution in [0, 0.1) is 13.8 Å². The lowest BCUT2D eigenvalue weighted by Crippen LogP contribution is -2.50. The summed E-state index contributed by atoms with van der Waals surface area (Å²) in [7, 11) is -3.08. The van der Waals surface area contributed by atoms with Crippen LogP contribution >= 0.6 is 0 Å². The molecular formula is C17H24N2O3S. The zero-order chi connectivity index (χ0) is 16.6. The summed E-state index contributed by atoms with van der Waals surface area (Å²) in [5.74, 6) is 0.0229. The van der Waals surface area contributed by atoms with Crippen LogP contribution in [0.5, 0.6) is 0 Å². The Morgan fingerprint density at radius 2 is 1.83 bits per heavy atom. The number of carbonyl (C=O) groups is 1. The second-order valence-electron chi connectivity index (χ2n) is 6.77. The van der Waals surface area contributed by atoms with E-state index in [-0.39, 0.29) is 29.5 Å². The molecule has 2 aliphatic heterocycles. The first-order chi connectivity index (χ1) is 10.9. The number of nitrogens with one attached hydrogen (secondary N) is 1. The molecule has 0 radical (unpaired) electrons. The van der Waals surface area contributed by atoms with Crippen LogP contribution in [0.4, 0.5) is 0 Å². The second kappa shape index (κ2) is 6.24. The molecule has 0 aromatic heterocycles. The highest BCUT2D eigenvalue weighted by atomic mass is 32.2. The van der Waals surface area contributed by atoms with Gasteiger partial charge in [-0.05, 0) is 63.0 Å². The molecule has 0 saturated carbocycles. The molecule has 2 aliphatic rings. The van der Waals surface area contributed by atoms with Gasteiger partial charge in [0, 0.05) is 11.6 Å². The molecule has 0 unspecified atom stereocenters. The van der Waals surface area contributed by atoms with E-state index in [0.717, 1.165) is 37.1 Å². The summed E-state index contributed by atoms with van der Waals surface area (Å²) in [4.78, 5) is 14.7. The molecule has 2 saturated heterocycles. The number of rotatable bonds is 3. The Hall–Kier alpha value is -1.40. The van der Waals surface area contributed by atoms with Crippen molar-refractivity contribution < 1.29 is 13.2 Å². The van der Waals surface area contributed by atoms with Gasteiger partial charge in [0.15, 0.2) is 9.84 Å². The highest BCUT2D eigenvalue weighted by Crippen LogP contribution is 2.23. The number of sulfone groups is 1. The third-order valence-electron chi connectivity index (χ3n) is 5.02. The molecule has 23 heavy (non-hydrogen) atoms. The van der Waals surface area contributed by atoms with E-state index in [1.165, 1.54) is 0 Å². The van der Waals surface area contributed by atoms with Gasteiger partial charge in [0.2, 0.25) is 0 Å². The molecule has 3 rings (SSSR count). The first kappa shape index (κ1) is 16.5. The fourth-order valence-electron chi connectivity index (χ4n) is 3.53. The monoisotopic (exact) mass is 336 g/mol. The summed E-state index contributed by atoms with van der Waals surface area (Å²) < 4.78 is 24.1. The minimum Gasteiger partial charge on any atom is -0.347 e. The van der Waals surface area contributed by atoms with E-state index in [9.17, 15) is 13.2 Å². The number of benzene rings is 1. The largest absolute Gasteiger partial charge is 0.347 e. The minimum atomic E-state index is -3.08. The number of hydrogen-bond acceptors (Lipinski definition) is 4. The lowest BCUT2D eigenvalue weighted by Gasteiger charge is -2.28. The van der Waals surface area contributed by atoms with Crippen LogP contribution < -0.4 is 5.32 Å². The molecular weight excluding hydrogens is 312 g/mol. The lowest BCUT2D eigenvalue weighted by atomic mass is 10.0. The predicted octanol–water partition coefficient (Wildman–Crippen LogP) is 1.29. The average Bonchev–Trinajstić information content (AvgIpc) is 3.09. The molecule has 6 heteroatoms. The molecule has 5 nitrogen and oxygen atoms in total. The van der Waals surface area contributed by atoms with Crippen molar-refractivity contribution in [2.75, 3.05) is 24.6 Å². The Morgan fingerprint density at radius 1 is 1.13 bits per heavy atom. The standard InChI is InChI=1S/C17H24N2O3S/c1-12-5-6-14(9-13(12)2)17(20)18-15-10-23(21,22)11-16(15)19-7-3-4-8-19/h5-6,9,15-16H,3-4,7-8,10-11H2,1-2H3,(H,18,20)/t15-,16+/m1/s1. The number of likely N-dealkylation sites (tertiary alicyclic amines) is 1. The van der Waals surface area contributed by atoms with Crippen molar-refractivity contribution in [1.82, 2.24) is 10.2 Å². The van der Waals surface area contributed by atoms with Gasteiger partial charge in [0.05, 0.1) is 17.5 Å². The summed E-state index contributed by atoms with van der Waals surface area (Å²) in [6.45, 7) is 5.83. The number of hydrogen-bond donors (Lipinski definition) is 1. The SMILES string of the molecule is Cc1ccc(C(=O)N[C@@H]2CS(=O)(=O)C[C@@H]2N2CCCC2)cc1C. The van der Waals surface area contributed by atoms with Gasteiger partial charge in [0.1, 0.15) is 0 Å².